The number of rotatable bonds is 4. The number of benzene rings is 2. The van der Waals surface area contributed by atoms with Crippen molar-refractivity contribution in [2.75, 3.05) is 0 Å². The molecule has 0 spiro atoms. The summed E-state index contributed by atoms with van der Waals surface area (Å²) < 4.78 is 0. The van der Waals surface area contributed by atoms with Crippen LogP contribution in [-0.4, -0.2) is 20.8 Å². The van der Waals surface area contributed by atoms with Gasteiger partial charge in [-0.1, -0.05) is 42.5 Å². The molecule has 0 amide bonds. The van der Waals surface area contributed by atoms with Crippen LogP contribution in [0.2, 0.25) is 0 Å². The molecule has 3 aromatic rings. The van der Waals surface area contributed by atoms with E-state index in [2.05, 4.69) is 10.2 Å². The zero-order chi connectivity index (χ0) is 13.9. The molecular weight excluding hydrogens is 250 g/mol. The Bertz CT molecular complexity index is 701. The van der Waals surface area contributed by atoms with Crippen molar-refractivity contribution in [2.45, 2.75) is 19.4 Å². The first-order chi connectivity index (χ1) is 9.74. The molecule has 1 heterocycles. The number of ketones is 1. The van der Waals surface area contributed by atoms with Crippen molar-refractivity contribution in [2.24, 2.45) is 0 Å². The molecule has 2 aromatic carbocycles. The maximum atomic E-state index is 11.5. The van der Waals surface area contributed by atoms with Crippen molar-refractivity contribution in [3.05, 3.63) is 60.2 Å². The molecule has 1 atom stereocenters. The van der Waals surface area contributed by atoms with E-state index in [-0.39, 0.29) is 11.8 Å². The second-order valence-corrected chi connectivity index (χ2v) is 4.84. The van der Waals surface area contributed by atoms with Crippen molar-refractivity contribution in [1.82, 2.24) is 15.0 Å². The molecule has 0 bridgehead atoms. The molecule has 0 aliphatic rings. The highest BCUT2D eigenvalue weighted by molar-refractivity contribution is 5.76. The van der Waals surface area contributed by atoms with Crippen LogP contribution in [0, 0.1) is 0 Å². The molecule has 0 saturated carbocycles. The van der Waals surface area contributed by atoms with Crippen molar-refractivity contribution >= 4 is 16.8 Å². The zero-order valence-corrected chi connectivity index (χ0v) is 11.2. The highest BCUT2D eigenvalue weighted by Gasteiger charge is 2.18. The number of carbonyl (C=O) groups is 1. The van der Waals surface area contributed by atoms with E-state index in [0.29, 0.717) is 6.42 Å². The van der Waals surface area contributed by atoms with Gasteiger partial charge in [-0.2, -0.15) is 15.0 Å². The van der Waals surface area contributed by atoms with Crippen LogP contribution < -0.4 is 0 Å². The molecule has 0 aliphatic heterocycles. The molecule has 4 heteroatoms. The van der Waals surface area contributed by atoms with Crippen LogP contribution in [0.3, 0.4) is 0 Å². The Morgan fingerprint density at radius 1 is 1.00 bits per heavy atom. The van der Waals surface area contributed by atoms with E-state index in [1.54, 1.807) is 11.7 Å². The van der Waals surface area contributed by atoms with E-state index in [0.717, 1.165) is 16.6 Å². The number of hydrogen-bond acceptors (Lipinski definition) is 3. The van der Waals surface area contributed by atoms with Gasteiger partial charge in [-0.15, -0.1) is 0 Å². The number of hydrogen-bond donors (Lipinski definition) is 0. The fourth-order valence-corrected chi connectivity index (χ4v) is 2.30. The predicted octanol–water partition coefficient (Wildman–Crippen LogP) is 3.00. The molecule has 0 unspecified atom stereocenters. The van der Waals surface area contributed by atoms with Crippen molar-refractivity contribution in [3.8, 4) is 0 Å². The van der Waals surface area contributed by atoms with Crippen LogP contribution in [0.4, 0.5) is 0 Å². The summed E-state index contributed by atoms with van der Waals surface area (Å²) in [5.74, 6) is 0.125. The van der Waals surface area contributed by atoms with Crippen LogP contribution in [0.1, 0.15) is 24.9 Å². The Kier molecular flexibility index (Phi) is 3.29. The SMILES string of the molecule is CC(=O)C[C@H](c1ccccc1)n1nc2ccccc2n1. The van der Waals surface area contributed by atoms with Gasteiger partial charge in [0.15, 0.2) is 0 Å². The maximum Gasteiger partial charge on any atom is 0.132 e. The molecule has 100 valence electrons. The van der Waals surface area contributed by atoms with E-state index in [9.17, 15) is 4.79 Å². The lowest BCUT2D eigenvalue weighted by atomic mass is 10.0. The number of carbonyl (C=O) groups excluding carboxylic acids is 1. The van der Waals surface area contributed by atoms with E-state index in [4.69, 9.17) is 0 Å². The smallest absolute Gasteiger partial charge is 0.132 e. The predicted molar refractivity (Wildman–Crippen MR) is 77.4 cm³/mol. The summed E-state index contributed by atoms with van der Waals surface area (Å²) in [6.45, 7) is 1.60. The highest BCUT2D eigenvalue weighted by Crippen LogP contribution is 2.22. The Morgan fingerprint density at radius 2 is 1.55 bits per heavy atom. The van der Waals surface area contributed by atoms with Gasteiger partial charge in [0.25, 0.3) is 0 Å². The zero-order valence-electron chi connectivity index (χ0n) is 11.2. The maximum absolute atomic E-state index is 11.5. The first-order valence-electron chi connectivity index (χ1n) is 6.60. The van der Waals surface area contributed by atoms with E-state index >= 15 is 0 Å². The van der Waals surface area contributed by atoms with Crippen molar-refractivity contribution < 1.29 is 4.79 Å². The molecular formula is C16H15N3O. The average Bonchev–Trinajstić information content (AvgIpc) is 2.89. The summed E-state index contributed by atoms with van der Waals surface area (Å²) in [6, 6.07) is 17.5. The Hall–Kier alpha value is -2.49. The monoisotopic (exact) mass is 265 g/mol. The molecule has 0 saturated heterocycles. The van der Waals surface area contributed by atoms with Gasteiger partial charge < -0.3 is 0 Å². The molecule has 4 nitrogen and oxygen atoms in total. The van der Waals surface area contributed by atoms with Gasteiger partial charge >= 0.3 is 0 Å². The third-order valence-corrected chi connectivity index (χ3v) is 3.25. The van der Waals surface area contributed by atoms with Crippen molar-refractivity contribution in [1.29, 1.82) is 0 Å². The molecule has 0 aliphatic carbocycles. The second kappa shape index (κ2) is 5.25. The standard InChI is InChI=1S/C16H15N3O/c1-12(20)11-16(13-7-3-2-4-8-13)19-17-14-9-5-6-10-15(14)18-19/h2-10,16H,11H2,1H3/t16-/m1/s1. The second-order valence-electron chi connectivity index (χ2n) is 4.84. The fourth-order valence-electron chi connectivity index (χ4n) is 2.30. The van der Waals surface area contributed by atoms with Gasteiger partial charge in [0.05, 0.1) is 0 Å². The number of nitrogens with zero attached hydrogens (tertiary/aromatic N) is 3. The largest absolute Gasteiger partial charge is 0.300 e. The molecule has 0 radical (unpaired) electrons. The Labute approximate surface area is 117 Å². The minimum absolute atomic E-state index is 0.125. The molecule has 3 rings (SSSR count). The Balaban J connectivity index is 2.06. The summed E-state index contributed by atoms with van der Waals surface area (Å²) in [5, 5.41) is 8.99. The first-order valence-corrected chi connectivity index (χ1v) is 6.60. The quantitative estimate of drug-likeness (QED) is 0.728. The highest BCUT2D eigenvalue weighted by atomic mass is 16.1. The van der Waals surface area contributed by atoms with Gasteiger partial charge in [-0.25, -0.2) is 0 Å². The van der Waals surface area contributed by atoms with Gasteiger partial charge in [0.2, 0.25) is 0 Å². The van der Waals surface area contributed by atoms with E-state index in [1.807, 2.05) is 54.6 Å². The lowest BCUT2D eigenvalue weighted by Crippen LogP contribution is -2.16. The minimum Gasteiger partial charge on any atom is -0.300 e. The lowest BCUT2D eigenvalue weighted by Gasteiger charge is -2.14. The molecule has 1 aromatic heterocycles. The van der Waals surface area contributed by atoms with Gasteiger partial charge in [-0.3, -0.25) is 4.79 Å². The minimum atomic E-state index is -0.152. The third-order valence-electron chi connectivity index (χ3n) is 3.25. The Morgan fingerprint density at radius 3 is 2.10 bits per heavy atom. The van der Waals surface area contributed by atoms with Crippen molar-refractivity contribution in [3.63, 3.8) is 0 Å². The van der Waals surface area contributed by atoms with Gasteiger partial charge in [0.1, 0.15) is 22.9 Å². The molecule has 20 heavy (non-hydrogen) atoms. The van der Waals surface area contributed by atoms with Crippen LogP contribution >= 0.6 is 0 Å². The van der Waals surface area contributed by atoms with Gasteiger partial charge in [-0.05, 0) is 24.6 Å². The topological polar surface area (TPSA) is 47.8 Å². The van der Waals surface area contributed by atoms with Crippen LogP contribution in [0.5, 0.6) is 0 Å². The number of aromatic nitrogens is 3. The average molecular weight is 265 g/mol. The van der Waals surface area contributed by atoms with E-state index in [1.165, 1.54) is 0 Å². The number of Topliss-reactive ketones (excluding diaryl/α,β-unsaturated/α-hetero) is 1. The first kappa shape index (κ1) is 12.5. The summed E-state index contributed by atoms with van der Waals surface area (Å²) in [4.78, 5) is 13.2. The van der Waals surface area contributed by atoms with Gasteiger partial charge in [0, 0.05) is 6.42 Å². The summed E-state index contributed by atoms with van der Waals surface area (Å²) in [6.07, 6.45) is 0.394. The summed E-state index contributed by atoms with van der Waals surface area (Å²) >= 11 is 0. The lowest BCUT2D eigenvalue weighted by molar-refractivity contribution is -0.117. The van der Waals surface area contributed by atoms with Crippen LogP contribution in [0.25, 0.3) is 11.0 Å². The van der Waals surface area contributed by atoms with E-state index < -0.39 is 0 Å². The summed E-state index contributed by atoms with van der Waals surface area (Å²) in [5.41, 5.74) is 2.73. The van der Waals surface area contributed by atoms with Crippen LogP contribution in [-0.2, 0) is 4.79 Å². The normalized spacial score (nSPS) is 12.4. The third kappa shape index (κ3) is 2.45. The molecule has 0 fully saturated rings. The fraction of sp³-hybridized carbons (Fsp3) is 0.188. The molecule has 0 N–H and O–H groups in total. The van der Waals surface area contributed by atoms with Crippen LogP contribution in [0.15, 0.2) is 54.6 Å². The summed E-state index contributed by atoms with van der Waals surface area (Å²) in [7, 11) is 0. The number of fused-ring (bicyclic) bond motifs is 1.